The molecule has 0 saturated carbocycles. The van der Waals surface area contributed by atoms with Crippen LogP contribution in [0, 0.1) is 11.3 Å². The minimum Gasteiger partial charge on any atom is -0.507 e. The number of hydrogen-bond acceptors (Lipinski definition) is 9. The highest BCUT2D eigenvalue weighted by Crippen LogP contribution is 2.43. The van der Waals surface area contributed by atoms with Crippen LogP contribution in [0.4, 0.5) is 0 Å². The summed E-state index contributed by atoms with van der Waals surface area (Å²) in [6.07, 6.45) is 1.09. The van der Waals surface area contributed by atoms with Crippen LogP contribution in [0.25, 0.3) is 0 Å². The summed E-state index contributed by atoms with van der Waals surface area (Å²) >= 11 is 0. The zero-order valence-electron chi connectivity index (χ0n) is 19.8. The summed E-state index contributed by atoms with van der Waals surface area (Å²) in [6, 6.07) is 17.0. The van der Waals surface area contributed by atoms with E-state index in [0.717, 1.165) is 5.56 Å². The summed E-state index contributed by atoms with van der Waals surface area (Å²) in [5.41, 5.74) is 2.72. The summed E-state index contributed by atoms with van der Waals surface area (Å²) in [6.45, 7) is 0.514. The van der Waals surface area contributed by atoms with E-state index in [2.05, 4.69) is 16.4 Å². The number of aromatic hydroxyl groups is 2. The first kappa shape index (κ1) is 23.7. The van der Waals surface area contributed by atoms with Gasteiger partial charge >= 0.3 is 0 Å². The molecule has 10 nitrogen and oxygen atoms in total. The summed E-state index contributed by atoms with van der Waals surface area (Å²) in [5, 5.41) is 37.9. The molecule has 1 aromatic heterocycles. The van der Waals surface area contributed by atoms with Gasteiger partial charge in [-0.15, -0.1) is 5.10 Å². The third kappa shape index (κ3) is 5.01. The minimum absolute atomic E-state index is 0.00686. The first-order chi connectivity index (χ1) is 17.9. The molecule has 37 heavy (non-hydrogen) atoms. The van der Waals surface area contributed by atoms with Crippen LogP contribution in [0.5, 0.6) is 28.7 Å². The smallest absolute Gasteiger partial charge is 0.174 e. The van der Waals surface area contributed by atoms with Crippen molar-refractivity contribution in [1.82, 2.24) is 15.0 Å². The lowest BCUT2D eigenvalue weighted by Gasteiger charge is -2.26. The third-order valence-corrected chi connectivity index (χ3v) is 5.92. The van der Waals surface area contributed by atoms with Crippen LogP contribution in [0.1, 0.15) is 45.3 Å². The maximum atomic E-state index is 12.8. The van der Waals surface area contributed by atoms with Gasteiger partial charge in [0.15, 0.2) is 17.3 Å². The van der Waals surface area contributed by atoms with Gasteiger partial charge in [-0.25, -0.2) is 4.68 Å². The van der Waals surface area contributed by atoms with Crippen LogP contribution in [-0.2, 0) is 13.2 Å². The number of nitriles is 1. The molecule has 3 aromatic carbocycles. The largest absolute Gasteiger partial charge is 0.507 e. The standard InChI is InChI=1S/C27H22N4O6/c1-35-24-6-5-18(8-21(24)32)25-11-23(34)27-22(33)9-20(10-26(27)37-25)36-15-19-14-31(30-29-19)13-17-4-2-3-16(7-17)12-28/h2-10,14,25,32-33H,11,13,15H2,1H3/t25-/m0/s1. The quantitative estimate of drug-likeness (QED) is 0.388. The molecule has 0 fully saturated rings. The summed E-state index contributed by atoms with van der Waals surface area (Å²) in [4.78, 5) is 12.8. The number of benzene rings is 3. The van der Waals surface area contributed by atoms with Gasteiger partial charge in [0.2, 0.25) is 0 Å². The van der Waals surface area contributed by atoms with Gasteiger partial charge in [0.25, 0.3) is 0 Å². The first-order valence-corrected chi connectivity index (χ1v) is 11.4. The highest BCUT2D eigenvalue weighted by Gasteiger charge is 2.31. The van der Waals surface area contributed by atoms with Crippen molar-refractivity contribution in [3.05, 3.63) is 88.7 Å². The van der Waals surface area contributed by atoms with Crippen molar-refractivity contribution in [2.24, 2.45) is 0 Å². The summed E-state index contributed by atoms with van der Waals surface area (Å²) in [5.74, 6) is 0.203. The van der Waals surface area contributed by atoms with Crippen molar-refractivity contribution in [1.29, 1.82) is 5.26 Å². The summed E-state index contributed by atoms with van der Waals surface area (Å²) in [7, 11) is 1.45. The Morgan fingerprint density at radius 3 is 2.81 bits per heavy atom. The molecule has 186 valence electrons. The maximum Gasteiger partial charge on any atom is 0.174 e. The second-order valence-electron chi connectivity index (χ2n) is 8.49. The Kier molecular flexibility index (Phi) is 6.34. The molecule has 0 spiro atoms. The van der Waals surface area contributed by atoms with Crippen molar-refractivity contribution in [2.45, 2.75) is 25.7 Å². The van der Waals surface area contributed by atoms with E-state index in [1.807, 2.05) is 12.1 Å². The van der Waals surface area contributed by atoms with Crippen LogP contribution in [0.3, 0.4) is 0 Å². The van der Waals surface area contributed by atoms with Crippen molar-refractivity contribution in [2.75, 3.05) is 7.11 Å². The Morgan fingerprint density at radius 2 is 2.03 bits per heavy atom. The Bertz CT molecular complexity index is 1520. The molecule has 2 heterocycles. The Labute approximate surface area is 211 Å². The molecular formula is C27H22N4O6. The van der Waals surface area contributed by atoms with Gasteiger partial charge in [-0.05, 0) is 35.4 Å². The van der Waals surface area contributed by atoms with Crippen LogP contribution >= 0.6 is 0 Å². The Morgan fingerprint density at radius 1 is 1.16 bits per heavy atom. The molecule has 0 saturated heterocycles. The molecule has 10 heteroatoms. The molecule has 0 unspecified atom stereocenters. The lowest BCUT2D eigenvalue weighted by Crippen LogP contribution is -2.20. The van der Waals surface area contributed by atoms with E-state index in [4.69, 9.17) is 19.5 Å². The molecule has 0 amide bonds. The number of ether oxygens (including phenoxy) is 3. The number of Topliss-reactive ketones (excluding diaryl/α,β-unsaturated/α-hetero) is 1. The number of phenolic OH excluding ortho intramolecular Hbond substituents is 2. The maximum absolute atomic E-state index is 12.8. The van der Waals surface area contributed by atoms with Crippen LogP contribution in [-0.4, -0.2) is 38.1 Å². The number of phenols is 2. The van der Waals surface area contributed by atoms with E-state index >= 15 is 0 Å². The van der Waals surface area contributed by atoms with E-state index in [1.165, 1.54) is 19.2 Å². The monoisotopic (exact) mass is 498 g/mol. The molecule has 2 N–H and O–H groups in total. The van der Waals surface area contributed by atoms with Gasteiger partial charge in [-0.1, -0.05) is 23.4 Å². The minimum atomic E-state index is -0.647. The van der Waals surface area contributed by atoms with Crippen molar-refractivity contribution < 1.29 is 29.2 Å². The number of hydrogen-bond donors (Lipinski definition) is 2. The lowest BCUT2D eigenvalue weighted by atomic mass is 9.95. The SMILES string of the molecule is COc1ccc([C@@H]2CC(=O)c3c(O)cc(OCc4cn(Cc5cccc(C#N)c5)nn4)cc3O2)cc1O. The Hall–Kier alpha value is -5.04. The molecule has 1 aliphatic heterocycles. The molecule has 1 aliphatic rings. The highest BCUT2D eigenvalue weighted by atomic mass is 16.5. The van der Waals surface area contributed by atoms with Gasteiger partial charge < -0.3 is 24.4 Å². The third-order valence-electron chi connectivity index (χ3n) is 5.92. The molecule has 0 aliphatic carbocycles. The van der Waals surface area contributed by atoms with E-state index < -0.39 is 6.10 Å². The van der Waals surface area contributed by atoms with E-state index in [-0.39, 0.29) is 41.6 Å². The van der Waals surface area contributed by atoms with E-state index in [1.54, 1.807) is 41.2 Å². The molecule has 4 aromatic rings. The van der Waals surface area contributed by atoms with Crippen molar-refractivity contribution in [3.8, 4) is 34.8 Å². The number of fused-ring (bicyclic) bond motifs is 1. The zero-order valence-corrected chi connectivity index (χ0v) is 19.8. The zero-order chi connectivity index (χ0) is 25.9. The average Bonchev–Trinajstić information content (AvgIpc) is 3.34. The number of aromatic nitrogens is 3. The predicted octanol–water partition coefficient (Wildman–Crippen LogP) is 3.90. The molecule has 0 bridgehead atoms. The fraction of sp³-hybridized carbons (Fsp3) is 0.185. The second-order valence-corrected chi connectivity index (χ2v) is 8.49. The van der Waals surface area contributed by atoms with Gasteiger partial charge in [-0.3, -0.25) is 4.79 Å². The Balaban J connectivity index is 1.29. The van der Waals surface area contributed by atoms with Gasteiger partial charge in [-0.2, -0.15) is 5.26 Å². The number of rotatable bonds is 7. The van der Waals surface area contributed by atoms with Crippen LogP contribution < -0.4 is 14.2 Å². The van der Waals surface area contributed by atoms with E-state index in [0.29, 0.717) is 34.9 Å². The summed E-state index contributed by atoms with van der Waals surface area (Å²) < 4.78 is 18.5. The molecular weight excluding hydrogens is 476 g/mol. The normalized spacial score (nSPS) is 14.4. The number of methoxy groups -OCH3 is 1. The van der Waals surface area contributed by atoms with Crippen molar-refractivity contribution >= 4 is 5.78 Å². The van der Waals surface area contributed by atoms with Crippen molar-refractivity contribution in [3.63, 3.8) is 0 Å². The van der Waals surface area contributed by atoms with Crippen LogP contribution in [0.2, 0.25) is 0 Å². The second kappa shape index (κ2) is 9.91. The number of carbonyl (C=O) groups excluding carboxylic acids is 1. The first-order valence-electron chi connectivity index (χ1n) is 11.4. The lowest BCUT2D eigenvalue weighted by molar-refractivity contribution is 0.0844. The molecule has 1 atom stereocenters. The predicted molar refractivity (Wildman–Crippen MR) is 130 cm³/mol. The highest BCUT2D eigenvalue weighted by molar-refractivity contribution is 6.02. The fourth-order valence-electron chi connectivity index (χ4n) is 4.16. The van der Waals surface area contributed by atoms with Gasteiger partial charge in [0.1, 0.15) is 41.2 Å². The number of nitrogens with zero attached hydrogens (tertiary/aromatic N) is 4. The fourth-order valence-corrected chi connectivity index (χ4v) is 4.16. The number of carbonyl (C=O) groups is 1. The topological polar surface area (TPSA) is 140 Å². The molecule has 5 rings (SSSR count). The van der Waals surface area contributed by atoms with Gasteiger partial charge in [0.05, 0.1) is 37.9 Å². The van der Waals surface area contributed by atoms with Gasteiger partial charge in [0, 0.05) is 12.1 Å². The van der Waals surface area contributed by atoms with E-state index in [9.17, 15) is 15.0 Å². The molecule has 0 radical (unpaired) electrons. The number of ketones is 1. The van der Waals surface area contributed by atoms with Crippen LogP contribution in [0.15, 0.2) is 60.8 Å². The average molecular weight is 498 g/mol.